The molecule has 0 aliphatic heterocycles. The van der Waals surface area contributed by atoms with Crippen molar-refractivity contribution in [3.8, 4) is 16.9 Å². The number of carbonyl (C=O) groups is 1. The number of hydrogen-bond donors (Lipinski definition) is 0. The Balaban J connectivity index is 1.65. The Morgan fingerprint density at radius 2 is 1.75 bits per heavy atom. The maximum Gasteiger partial charge on any atom is 0.295 e. The molecule has 24 heavy (non-hydrogen) atoms. The van der Waals surface area contributed by atoms with Crippen molar-refractivity contribution in [1.82, 2.24) is 4.57 Å². The molecule has 0 saturated heterocycles. The van der Waals surface area contributed by atoms with Gasteiger partial charge in [0.2, 0.25) is 0 Å². The highest BCUT2D eigenvalue weighted by molar-refractivity contribution is 5.63. The molecule has 0 bridgehead atoms. The Hall–Kier alpha value is -3.01. The molecule has 0 spiro atoms. The van der Waals surface area contributed by atoms with Crippen LogP contribution in [0, 0.1) is 0 Å². The maximum atomic E-state index is 10.4. The molecule has 0 fully saturated rings. The van der Waals surface area contributed by atoms with Gasteiger partial charge < -0.3 is 14.0 Å². The van der Waals surface area contributed by atoms with Gasteiger partial charge in [-0.25, -0.2) is 0 Å². The summed E-state index contributed by atoms with van der Waals surface area (Å²) < 4.78 is 12.6. The van der Waals surface area contributed by atoms with Crippen molar-refractivity contribution >= 4 is 6.47 Å². The molecule has 1 heterocycles. The van der Waals surface area contributed by atoms with E-state index in [2.05, 4.69) is 0 Å². The molecule has 3 rings (SSSR count). The molecule has 4 nitrogen and oxygen atoms in total. The largest absolute Gasteiger partial charge is 0.489 e. The van der Waals surface area contributed by atoms with Gasteiger partial charge in [-0.1, -0.05) is 42.5 Å². The van der Waals surface area contributed by atoms with E-state index in [-0.39, 0.29) is 6.23 Å². The van der Waals surface area contributed by atoms with Crippen LogP contribution >= 0.6 is 0 Å². The molecule has 0 aliphatic rings. The van der Waals surface area contributed by atoms with E-state index < -0.39 is 0 Å². The van der Waals surface area contributed by atoms with E-state index in [1.807, 2.05) is 84.5 Å². The van der Waals surface area contributed by atoms with Gasteiger partial charge >= 0.3 is 0 Å². The van der Waals surface area contributed by atoms with E-state index in [4.69, 9.17) is 9.47 Å². The van der Waals surface area contributed by atoms with Gasteiger partial charge in [-0.05, 0) is 41.8 Å². The minimum Gasteiger partial charge on any atom is -0.489 e. The van der Waals surface area contributed by atoms with Crippen molar-refractivity contribution in [2.24, 2.45) is 0 Å². The molecule has 1 atom stereocenters. The second-order valence-corrected chi connectivity index (χ2v) is 5.48. The SMILES string of the molecule is CC(OC=O)n1ccc(-c2ccc(OCc3ccccc3)cc2)c1. The van der Waals surface area contributed by atoms with E-state index in [0.29, 0.717) is 13.1 Å². The van der Waals surface area contributed by atoms with Crippen LogP contribution in [0.2, 0.25) is 0 Å². The lowest BCUT2D eigenvalue weighted by Gasteiger charge is -2.10. The highest BCUT2D eigenvalue weighted by atomic mass is 16.5. The minimum atomic E-state index is -0.315. The Kier molecular flexibility index (Phi) is 4.96. The molecular weight excluding hydrogens is 302 g/mol. The van der Waals surface area contributed by atoms with Crippen LogP contribution < -0.4 is 4.74 Å². The molecule has 0 N–H and O–H groups in total. The van der Waals surface area contributed by atoms with Crippen molar-refractivity contribution in [2.75, 3.05) is 0 Å². The van der Waals surface area contributed by atoms with Gasteiger partial charge in [0.1, 0.15) is 12.4 Å². The third-order valence-electron chi connectivity index (χ3n) is 3.82. The zero-order valence-electron chi connectivity index (χ0n) is 13.5. The number of benzene rings is 2. The summed E-state index contributed by atoms with van der Waals surface area (Å²) in [4.78, 5) is 10.4. The second-order valence-electron chi connectivity index (χ2n) is 5.48. The number of aromatic nitrogens is 1. The fraction of sp³-hybridized carbons (Fsp3) is 0.150. The quantitative estimate of drug-likeness (QED) is 0.605. The fourth-order valence-corrected chi connectivity index (χ4v) is 2.45. The van der Waals surface area contributed by atoms with Crippen molar-refractivity contribution in [3.05, 3.63) is 78.6 Å². The molecule has 4 heteroatoms. The summed E-state index contributed by atoms with van der Waals surface area (Å²) in [6, 6.07) is 20.0. The topological polar surface area (TPSA) is 40.5 Å². The molecular formula is C20H19NO3. The highest BCUT2D eigenvalue weighted by Gasteiger charge is 2.06. The first-order chi connectivity index (χ1) is 11.8. The number of nitrogens with zero attached hydrogens (tertiary/aromatic N) is 1. The van der Waals surface area contributed by atoms with E-state index in [1.54, 1.807) is 0 Å². The average Bonchev–Trinajstić information content (AvgIpc) is 3.12. The fourth-order valence-electron chi connectivity index (χ4n) is 2.45. The van der Waals surface area contributed by atoms with Crippen LogP contribution in [-0.2, 0) is 16.1 Å². The van der Waals surface area contributed by atoms with Crippen molar-refractivity contribution in [1.29, 1.82) is 0 Å². The summed E-state index contributed by atoms with van der Waals surface area (Å²) in [5.74, 6) is 0.833. The summed E-state index contributed by atoms with van der Waals surface area (Å²) >= 11 is 0. The Morgan fingerprint density at radius 3 is 2.46 bits per heavy atom. The molecule has 2 aromatic carbocycles. The number of ether oxygens (including phenoxy) is 2. The van der Waals surface area contributed by atoms with Gasteiger partial charge in [-0.15, -0.1) is 0 Å². The summed E-state index contributed by atoms with van der Waals surface area (Å²) in [6.45, 7) is 2.83. The van der Waals surface area contributed by atoms with Crippen molar-refractivity contribution in [3.63, 3.8) is 0 Å². The Morgan fingerprint density at radius 1 is 1.00 bits per heavy atom. The summed E-state index contributed by atoms with van der Waals surface area (Å²) in [5, 5.41) is 0. The van der Waals surface area contributed by atoms with E-state index in [9.17, 15) is 4.79 Å². The van der Waals surface area contributed by atoms with Crippen molar-refractivity contribution < 1.29 is 14.3 Å². The molecule has 122 valence electrons. The first-order valence-corrected chi connectivity index (χ1v) is 7.80. The molecule has 0 saturated carbocycles. The molecule has 1 aromatic heterocycles. The van der Waals surface area contributed by atoms with Crippen LogP contribution in [-0.4, -0.2) is 11.0 Å². The van der Waals surface area contributed by atoms with Gasteiger partial charge in [-0.2, -0.15) is 0 Å². The Labute approximate surface area is 141 Å². The van der Waals surface area contributed by atoms with Gasteiger partial charge in [0.05, 0.1) is 0 Å². The average molecular weight is 321 g/mol. The molecule has 3 aromatic rings. The van der Waals surface area contributed by atoms with Gasteiger partial charge in [0, 0.05) is 12.4 Å². The van der Waals surface area contributed by atoms with Crippen LogP contribution in [0.3, 0.4) is 0 Å². The predicted octanol–water partition coefficient (Wildman–Crippen LogP) is 4.43. The lowest BCUT2D eigenvalue weighted by Crippen LogP contribution is -2.05. The second kappa shape index (κ2) is 7.51. The van der Waals surface area contributed by atoms with Crippen LogP contribution in [0.4, 0.5) is 0 Å². The van der Waals surface area contributed by atoms with E-state index >= 15 is 0 Å². The van der Waals surface area contributed by atoms with Gasteiger partial charge in [-0.3, -0.25) is 4.79 Å². The normalized spacial score (nSPS) is 11.7. The van der Waals surface area contributed by atoms with Crippen molar-refractivity contribution in [2.45, 2.75) is 19.8 Å². The molecule has 1 unspecified atom stereocenters. The zero-order chi connectivity index (χ0) is 16.8. The highest BCUT2D eigenvalue weighted by Crippen LogP contribution is 2.24. The van der Waals surface area contributed by atoms with E-state index in [1.165, 1.54) is 0 Å². The molecule has 0 aliphatic carbocycles. The predicted molar refractivity (Wildman–Crippen MR) is 92.5 cm³/mol. The van der Waals surface area contributed by atoms with Gasteiger partial charge in [0.15, 0.2) is 6.23 Å². The van der Waals surface area contributed by atoms with Gasteiger partial charge in [0.25, 0.3) is 6.47 Å². The standard InChI is InChI=1S/C20H19NO3/c1-16(24-15-22)21-12-11-19(13-21)18-7-9-20(10-8-18)23-14-17-5-3-2-4-6-17/h2-13,15-16H,14H2,1H3. The van der Waals surface area contributed by atoms with Crippen LogP contribution in [0.25, 0.3) is 11.1 Å². The number of hydrogen-bond acceptors (Lipinski definition) is 3. The zero-order valence-corrected chi connectivity index (χ0v) is 13.5. The third kappa shape index (κ3) is 3.84. The monoisotopic (exact) mass is 321 g/mol. The van der Waals surface area contributed by atoms with E-state index in [0.717, 1.165) is 22.4 Å². The first kappa shape index (κ1) is 15.9. The number of rotatable bonds is 7. The maximum absolute atomic E-state index is 10.4. The van der Waals surface area contributed by atoms with Crippen LogP contribution in [0.5, 0.6) is 5.75 Å². The first-order valence-electron chi connectivity index (χ1n) is 7.80. The smallest absolute Gasteiger partial charge is 0.295 e. The van der Waals surface area contributed by atoms with Crippen LogP contribution in [0.15, 0.2) is 73.1 Å². The third-order valence-corrected chi connectivity index (χ3v) is 3.82. The molecule has 0 amide bonds. The summed E-state index contributed by atoms with van der Waals surface area (Å²) in [5.41, 5.74) is 3.29. The lowest BCUT2D eigenvalue weighted by atomic mass is 10.1. The minimum absolute atomic E-state index is 0.315. The summed E-state index contributed by atoms with van der Waals surface area (Å²) in [6.07, 6.45) is 3.53. The number of carbonyl (C=O) groups excluding carboxylic acids is 1. The van der Waals surface area contributed by atoms with Crippen LogP contribution in [0.1, 0.15) is 18.7 Å². The lowest BCUT2D eigenvalue weighted by molar-refractivity contribution is -0.136. The molecule has 0 radical (unpaired) electrons. The Bertz CT molecular complexity index is 778. The summed E-state index contributed by atoms with van der Waals surface area (Å²) in [7, 11) is 0.